The van der Waals surface area contributed by atoms with Gasteiger partial charge in [-0.25, -0.2) is 0 Å². The lowest BCUT2D eigenvalue weighted by Crippen LogP contribution is -2.32. The summed E-state index contributed by atoms with van der Waals surface area (Å²) in [5, 5.41) is 29.2. The second-order valence-electron chi connectivity index (χ2n) is 7.18. The number of phenols is 1. The largest absolute Gasteiger partial charge is 0.505 e. The summed E-state index contributed by atoms with van der Waals surface area (Å²) in [5.41, 5.74) is 0.206. The average molecular weight is 573 g/mol. The van der Waals surface area contributed by atoms with E-state index in [0.29, 0.717) is 10.6 Å². The zero-order valence-corrected chi connectivity index (χ0v) is 20.6. The Bertz CT molecular complexity index is 1410. The quantitative estimate of drug-likeness (QED) is 0.384. The number of nitrogens with zero attached hydrogens (tertiary/aromatic N) is 3. The van der Waals surface area contributed by atoms with Crippen molar-refractivity contribution in [1.29, 1.82) is 10.5 Å². The SMILES string of the molecule is N#Cc1c(O)c(Cl)c(Cl)c(OC(CON2C(=O)c3ccccc3C2=O)c2ccc(Br)cc2)c1C#N. The molecule has 3 aromatic rings. The van der Waals surface area contributed by atoms with Crippen LogP contribution in [-0.4, -0.2) is 28.6 Å². The van der Waals surface area contributed by atoms with Crippen molar-refractivity contribution < 1.29 is 24.3 Å². The number of benzene rings is 3. The van der Waals surface area contributed by atoms with Gasteiger partial charge in [-0.1, -0.05) is 63.4 Å². The molecular formula is C24H12BrCl2N3O5. The molecule has 0 aromatic heterocycles. The van der Waals surface area contributed by atoms with Crippen molar-refractivity contribution in [2.24, 2.45) is 0 Å². The van der Waals surface area contributed by atoms with Crippen molar-refractivity contribution in [3.05, 3.63) is 90.9 Å². The lowest BCUT2D eigenvalue weighted by molar-refractivity contribution is -0.113. The first-order chi connectivity index (χ1) is 16.8. The molecule has 0 bridgehead atoms. The van der Waals surface area contributed by atoms with E-state index in [-0.39, 0.29) is 39.1 Å². The van der Waals surface area contributed by atoms with Crippen LogP contribution in [0.3, 0.4) is 0 Å². The number of carbonyl (C=O) groups excluding carboxylic acids is 2. The highest BCUT2D eigenvalue weighted by molar-refractivity contribution is 9.10. The molecule has 35 heavy (non-hydrogen) atoms. The minimum absolute atomic E-state index is 0.206. The van der Waals surface area contributed by atoms with E-state index in [1.807, 2.05) is 0 Å². The molecule has 1 aliphatic heterocycles. The summed E-state index contributed by atoms with van der Waals surface area (Å²) in [5.74, 6) is -2.16. The topological polar surface area (TPSA) is 124 Å². The van der Waals surface area contributed by atoms with E-state index in [4.69, 9.17) is 32.8 Å². The number of imide groups is 1. The van der Waals surface area contributed by atoms with Gasteiger partial charge in [0.2, 0.25) is 0 Å². The molecule has 8 nitrogen and oxygen atoms in total. The lowest BCUT2D eigenvalue weighted by atomic mass is 10.1. The van der Waals surface area contributed by atoms with Crippen LogP contribution in [0.25, 0.3) is 0 Å². The Labute approximate surface area is 217 Å². The van der Waals surface area contributed by atoms with Crippen LogP contribution in [0.5, 0.6) is 11.5 Å². The number of amides is 2. The number of carbonyl (C=O) groups is 2. The summed E-state index contributed by atoms with van der Waals surface area (Å²) < 4.78 is 6.76. The number of nitriles is 2. The molecule has 1 N–H and O–H groups in total. The number of hydrogen-bond acceptors (Lipinski definition) is 7. The van der Waals surface area contributed by atoms with Crippen molar-refractivity contribution in [2.75, 3.05) is 6.61 Å². The number of phenolic OH excluding ortho intramolecular Hbond substituents is 1. The second-order valence-corrected chi connectivity index (χ2v) is 8.85. The van der Waals surface area contributed by atoms with Crippen molar-refractivity contribution in [2.45, 2.75) is 6.10 Å². The Kier molecular flexibility index (Phi) is 6.97. The van der Waals surface area contributed by atoms with E-state index in [1.165, 1.54) is 12.1 Å². The molecule has 0 saturated heterocycles. The summed E-state index contributed by atoms with van der Waals surface area (Å²) in [6.07, 6.45) is -1.01. The molecule has 0 fully saturated rings. The van der Waals surface area contributed by atoms with Gasteiger partial charge >= 0.3 is 0 Å². The van der Waals surface area contributed by atoms with E-state index in [2.05, 4.69) is 15.9 Å². The number of hydroxylamine groups is 2. The Morgan fingerprint density at radius 1 is 0.943 bits per heavy atom. The van der Waals surface area contributed by atoms with Crippen LogP contribution in [0.15, 0.2) is 53.0 Å². The zero-order chi connectivity index (χ0) is 25.3. The fourth-order valence-electron chi connectivity index (χ4n) is 3.43. The molecule has 1 heterocycles. The third kappa shape index (κ3) is 4.43. The van der Waals surface area contributed by atoms with Gasteiger partial charge in [-0.15, -0.1) is 5.06 Å². The average Bonchev–Trinajstić information content (AvgIpc) is 3.11. The highest BCUT2D eigenvalue weighted by atomic mass is 79.9. The first-order valence-corrected chi connectivity index (χ1v) is 11.4. The Hall–Kier alpha value is -3.60. The standard InChI is InChI=1S/C24H12BrCl2N3O5/c25-13-7-5-12(6-8-13)18(11-34-30-23(32)14-3-1-2-4-15(14)24(30)33)35-22-17(10-29)16(9-28)21(31)19(26)20(22)27/h1-8,18,31H,11H2. The third-order valence-corrected chi connectivity index (χ3v) is 6.51. The van der Waals surface area contributed by atoms with Crippen LogP contribution >= 0.6 is 39.1 Å². The van der Waals surface area contributed by atoms with Crippen molar-refractivity contribution >= 4 is 50.9 Å². The zero-order valence-electron chi connectivity index (χ0n) is 17.5. The highest BCUT2D eigenvalue weighted by Gasteiger charge is 2.37. The first-order valence-electron chi connectivity index (χ1n) is 9.85. The summed E-state index contributed by atoms with van der Waals surface area (Å²) in [6.45, 7) is -0.352. The number of halogens is 3. The fraction of sp³-hybridized carbons (Fsp3) is 0.0833. The minimum atomic E-state index is -1.01. The molecule has 3 aromatic carbocycles. The third-order valence-electron chi connectivity index (χ3n) is 5.15. The molecule has 0 saturated carbocycles. The number of fused-ring (bicyclic) bond motifs is 1. The van der Waals surface area contributed by atoms with Gasteiger partial charge in [0.15, 0.2) is 11.5 Å². The number of ether oxygens (including phenoxy) is 1. The summed E-state index contributed by atoms with van der Waals surface area (Å²) >= 11 is 15.7. The number of aromatic hydroxyl groups is 1. The van der Waals surface area contributed by atoms with Gasteiger partial charge in [0.1, 0.15) is 46.0 Å². The minimum Gasteiger partial charge on any atom is -0.505 e. The van der Waals surface area contributed by atoms with Crippen LogP contribution in [0.4, 0.5) is 0 Å². The molecule has 174 valence electrons. The van der Waals surface area contributed by atoms with Crippen LogP contribution < -0.4 is 4.74 Å². The maximum Gasteiger partial charge on any atom is 0.285 e. The van der Waals surface area contributed by atoms with Crippen LogP contribution in [0.2, 0.25) is 10.0 Å². The highest BCUT2D eigenvalue weighted by Crippen LogP contribution is 2.45. The Morgan fingerprint density at radius 3 is 2.06 bits per heavy atom. The van der Waals surface area contributed by atoms with Gasteiger partial charge in [-0.05, 0) is 29.8 Å². The summed E-state index contributed by atoms with van der Waals surface area (Å²) in [6, 6.07) is 16.6. The predicted molar refractivity (Wildman–Crippen MR) is 128 cm³/mol. The summed E-state index contributed by atoms with van der Waals surface area (Å²) in [4.78, 5) is 30.9. The van der Waals surface area contributed by atoms with Crippen LogP contribution in [0.1, 0.15) is 43.5 Å². The predicted octanol–water partition coefficient (Wildman–Crippen LogP) is 5.55. The number of rotatable bonds is 6. The maximum atomic E-state index is 12.7. The van der Waals surface area contributed by atoms with Crippen molar-refractivity contribution in [1.82, 2.24) is 5.06 Å². The molecule has 11 heteroatoms. The van der Waals surface area contributed by atoms with Crippen LogP contribution in [-0.2, 0) is 4.84 Å². The normalized spacial score (nSPS) is 13.2. The lowest BCUT2D eigenvalue weighted by Gasteiger charge is -2.24. The van der Waals surface area contributed by atoms with Crippen LogP contribution in [0, 0.1) is 22.7 Å². The van der Waals surface area contributed by atoms with Gasteiger partial charge in [0.05, 0.1) is 11.1 Å². The maximum absolute atomic E-state index is 12.7. The first kappa shape index (κ1) is 24.5. The smallest absolute Gasteiger partial charge is 0.285 e. The molecule has 0 aliphatic carbocycles. The molecular weight excluding hydrogens is 561 g/mol. The van der Waals surface area contributed by atoms with E-state index >= 15 is 0 Å². The van der Waals surface area contributed by atoms with Crippen molar-refractivity contribution in [3.8, 4) is 23.6 Å². The van der Waals surface area contributed by atoms with E-state index < -0.39 is 29.2 Å². The molecule has 1 atom stereocenters. The summed E-state index contributed by atoms with van der Waals surface area (Å²) in [7, 11) is 0. The van der Waals surface area contributed by atoms with Gasteiger partial charge < -0.3 is 9.84 Å². The van der Waals surface area contributed by atoms with E-state index in [9.17, 15) is 25.2 Å². The molecule has 1 aliphatic rings. The molecule has 2 amide bonds. The van der Waals surface area contributed by atoms with Gasteiger partial charge in [-0.2, -0.15) is 10.5 Å². The Balaban J connectivity index is 1.70. The van der Waals surface area contributed by atoms with E-state index in [0.717, 1.165) is 4.47 Å². The second kappa shape index (κ2) is 9.95. The van der Waals surface area contributed by atoms with Gasteiger partial charge in [-0.3, -0.25) is 14.4 Å². The molecule has 4 rings (SSSR count). The molecule has 0 radical (unpaired) electrons. The number of hydrogen-bond donors (Lipinski definition) is 1. The van der Waals surface area contributed by atoms with E-state index in [1.54, 1.807) is 48.5 Å². The van der Waals surface area contributed by atoms with Crippen molar-refractivity contribution in [3.63, 3.8) is 0 Å². The Morgan fingerprint density at radius 2 is 1.51 bits per heavy atom. The molecule has 0 spiro atoms. The van der Waals surface area contributed by atoms with Gasteiger partial charge in [0, 0.05) is 4.47 Å². The monoisotopic (exact) mass is 571 g/mol. The molecule has 1 unspecified atom stereocenters. The fourth-order valence-corrected chi connectivity index (χ4v) is 4.10. The van der Waals surface area contributed by atoms with Gasteiger partial charge in [0.25, 0.3) is 11.8 Å².